The van der Waals surface area contributed by atoms with E-state index in [0.29, 0.717) is 17.5 Å². The van der Waals surface area contributed by atoms with Gasteiger partial charge in [0.1, 0.15) is 4.60 Å². The largest absolute Gasteiger partial charge is 0.349 e. The van der Waals surface area contributed by atoms with Gasteiger partial charge >= 0.3 is 0 Å². The number of rotatable bonds is 4. The molecule has 4 heteroatoms. The fourth-order valence-corrected chi connectivity index (χ4v) is 2.11. The van der Waals surface area contributed by atoms with Crippen molar-refractivity contribution in [2.75, 3.05) is 0 Å². The van der Waals surface area contributed by atoms with Gasteiger partial charge in [0, 0.05) is 12.2 Å². The lowest BCUT2D eigenvalue weighted by atomic mass is 10.2. The molecule has 16 heavy (non-hydrogen) atoms. The van der Waals surface area contributed by atoms with E-state index < -0.39 is 0 Å². The highest BCUT2D eigenvalue weighted by molar-refractivity contribution is 9.10. The fraction of sp³-hybridized carbons (Fsp3) is 0.500. The second kappa shape index (κ2) is 4.95. The molecule has 1 aliphatic rings. The number of carbonyl (C=O) groups is 1. The lowest BCUT2D eigenvalue weighted by Gasteiger charge is -2.03. The first-order chi connectivity index (χ1) is 7.70. The number of hydrogen-bond acceptors (Lipinski definition) is 2. The molecule has 0 radical (unpaired) electrons. The Kier molecular flexibility index (Phi) is 3.59. The molecule has 1 aromatic heterocycles. The van der Waals surface area contributed by atoms with Crippen molar-refractivity contribution in [3.8, 4) is 0 Å². The van der Waals surface area contributed by atoms with Gasteiger partial charge in [-0.15, -0.1) is 0 Å². The Labute approximate surface area is 104 Å². The van der Waals surface area contributed by atoms with Crippen molar-refractivity contribution in [1.29, 1.82) is 0 Å². The van der Waals surface area contributed by atoms with Gasteiger partial charge in [-0.2, -0.15) is 0 Å². The fourth-order valence-electron chi connectivity index (χ4n) is 1.88. The minimum atomic E-state index is -0.0106. The monoisotopic (exact) mass is 282 g/mol. The van der Waals surface area contributed by atoms with Crippen molar-refractivity contribution in [1.82, 2.24) is 10.3 Å². The van der Waals surface area contributed by atoms with Crippen LogP contribution in [0.2, 0.25) is 0 Å². The molecule has 0 spiro atoms. The maximum absolute atomic E-state index is 11.8. The van der Waals surface area contributed by atoms with E-state index in [2.05, 4.69) is 33.2 Å². The molecular formula is C12H15BrN2O. The van der Waals surface area contributed by atoms with Gasteiger partial charge in [-0.05, 0) is 46.8 Å². The molecule has 1 aliphatic carbocycles. The SMILES string of the molecule is CCCC1CC1NC(=O)c1ccc(Br)nc1. The van der Waals surface area contributed by atoms with Gasteiger partial charge in [0.25, 0.3) is 5.91 Å². The summed E-state index contributed by atoms with van der Waals surface area (Å²) < 4.78 is 0.749. The zero-order valence-corrected chi connectivity index (χ0v) is 10.8. The number of amides is 1. The van der Waals surface area contributed by atoms with E-state index in [-0.39, 0.29) is 5.91 Å². The molecule has 2 rings (SSSR count). The van der Waals surface area contributed by atoms with Crippen LogP contribution in [-0.4, -0.2) is 16.9 Å². The summed E-state index contributed by atoms with van der Waals surface area (Å²) in [5.74, 6) is 0.681. The number of nitrogens with zero attached hydrogens (tertiary/aromatic N) is 1. The lowest BCUT2D eigenvalue weighted by Crippen LogP contribution is -2.26. The van der Waals surface area contributed by atoms with Crippen molar-refractivity contribution in [2.45, 2.75) is 32.2 Å². The van der Waals surface area contributed by atoms with Crippen molar-refractivity contribution < 1.29 is 4.79 Å². The highest BCUT2D eigenvalue weighted by Crippen LogP contribution is 2.34. The predicted molar refractivity (Wildman–Crippen MR) is 66.2 cm³/mol. The van der Waals surface area contributed by atoms with Gasteiger partial charge < -0.3 is 5.32 Å². The average molecular weight is 283 g/mol. The molecule has 3 nitrogen and oxygen atoms in total. The van der Waals surface area contributed by atoms with E-state index in [9.17, 15) is 4.79 Å². The van der Waals surface area contributed by atoms with E-state index in [1.807, 2.05) is 0 Å². The topological polar surface area (TPSA) is 42.0 Å². The Morgan fingerprint density at radius 1 is 1.62 bits per heavy atom. The molecular weight excluding hydrogens is 268 g/mol. The van der Waals surface area contributed by atoms with Crippen LogP contribution in [0.3, 0.4) is 0 Å². The highest BCUT2D eigenvalue weighted by Gasteiger charge is 2.37. The van der Waals surface area contributed by atoms with Gasteiger partial charge in [-0.3, -0.25) is 4.79 Å². The van der Waals surface area contributed by atoms with Crippen molar-refractivity contribution >= 4 is 21.8 Å². The molecule has 1 aromatic rings. The van der Waals surface area contributed by atoms with Crippen LogP contribution in [-0.2, 0) is 0 Å². The summed E-state index contributed by atoms with van der Waals surface area (Å²) in [4.78, 5) is 15.8. The summed E-state index contributed by atoms with van der Waals surface area (Å²) in [6.07, 6.45) is 5.13. The zero-order valence-electron chi connectivity index (χ0n) is 9.24. The Morgan fingerprint density at radius 3 is 3.06 bits per heavy atom. The molecule has 1 saturated carbocycles. The van der Waals surface area contributed by atoms with Crippen LogP contribution < -0.4 is 5.32 Å². The van der Waals surface area contributed by atoms with Gasteiger partial charge in [0.05, 0.1) is 5.56 Å². The summed E-state index contributed by atoms with van der Waals surface area (Å²) >= 11 is 3.25. The molecule has 1 fully saturated rings. The van der Waals surface area contributed by atoms with Crippen LogP contribution in [0.1, 0.15) is 36.5 Å². The van der Waals surface area contributed by atoms with Crippen molar-refractivity contribution in [3.63, 3.8) is 0 Å². The van der Waals surface area contributed by atoms with Crippen LogP contribution in [0, 0.1) is 5.92 Å². The number of carbonyl (C=O) groups excluding carboxylic acids is 1. The van der Waals surface area contributed by atoms with Crippen molar-refractivity contribution in [2.24, 2.45) is 5.92 Å². The van der Waals surface area contributed by atoms with Gasteiger partial charge in [0.2, 0.25) is 0 Å². The van der Waals surface area contributed by atoms with Crippen LogP contribution in [0.15, 0.2) is 22.9 Å². The first kappa shape index (κ1) is 11.6. The third kappa shape index (κ3) is 2.82. The van der Waals surface area contributed by atoms with E-state index >= 15 is 0 Å². The highest BCUT2D eigenvalue weighted by atomic mass is 79.9. The molecule has 0 bridgehead atoms. The summed E-state index contributed by atoms with van der Waals surface area (Å²) in [6.45, 7) is 2.18. The predicted octanol–water partition coefficient (Wildman–Crippen LogP) is 2.76. The molecule has 2 atom stereocenters. The smallest absolute Gasteiger partial charge is 0.253 e. The first-order valence-corrected chi connectivity index (χ1v) is 6.42. The number of nitrogens with one attached hydrogen (secondary N) is 1. The molecule has 0 aliphatic heterocycles. The summed E-state index contributed by atoms with van der Waals surface area (Å²) in [5, 5.41) is 3.03. The van der Waals surface area contributed by atoms with Crippen LogP contribution in [0.4, 0.5) is 0 Å². The molecule has 1 heterocycles. The Morgan fingerprint density at radius 2 is 2.44 bits per heavy atom. The second-order valence-electron chi connectivity index (χ2n) is 4.23. The van der Waals surface area contributed by atoms with E-state index in [1.54, 1.807) is 18.3 Å². The average Bonchev–Trinajstić information content (AvgIpc) is 2.98. The lowest BCUT2D eigenvalue weighted by molar-refractivity contribution is 0.0948. The molecule has 1 N–H and O–H groups in total. The van der Waals surface area contributed by atoms with Crippen LogP contribution in [0.5, 0.6) is 0 Å². The Hall–Kier alpha value is -0.900. The van der Waals surface area contributed by atoms with E-state index in [1.165, 1.54) is 12.8 Å². The maximum Gasteiger partial charge on any atom is 0.253 e. The quantitative estimate of drug-likeness (QED) is 0.863. The summed E-state index contributed by atoms with van der Waals surface area (Å²) in [7, 11) is 0. The zero-order chi connectivity index (χ0) is 11.5. The van der Waals surface area contributed by atoms with E-state index in [0.717, 1.165) is 11.0 Å². The third-order valence-corrected chi connectivity index (χ3v) is 3.36. The first-order valence-electron chi connectivity index (χ1n) is 5.63. The molecule has 2 unspecified atom stereocenters. The molecule has 0 saturated heterocycles. The Balaban J connectivity index is 1.87. The minimum absolute atomic E-state index is 0.0106. The molecule has 86 valence electrons. The van der Waals surface area contributed by atoms with Crippen LogP contribution in [0.25, 0.3) is 0 Å². The number of hydrogen-bond donors (Lipinski definition) is 1. The van der Waals surface area contributed by atoms with Gasteiger partial charge in [-0.25, -0.2) is 4.98 Å². The van der Waals surface area contributed by atoms with E-state index in [4.69, 9.17) is 0 Å². The normalized spacial score (nSPS) is 22.9. The standard InChI is InChI=1S/C12H15BrN2O/c1-2-3-8-6-10(8)15-12(16)9-4-5-11(13)14-7-9/h4-5,7-8,10H,2-3,6H2,1H3,(H,15,16). The maximum atomic E-state index is 11.8. The number of aromatic nitrogens is 1. The van der Waals surface area contributed by atoms with Crippen LogP contribution >= 0.6 is 15.9 Å². The summed E-state index contributed by atoms with van der Waals surface area (Å²) in [5.41, 5.74) is 0.630. The summed E-state index contributed by atoms with van der Waals surface area (Å²) in [6, 6.07) is 3.95. The van der Waals surface area contributed by atoms with Crippen molar-refractivity contribution in [3.05, 3.63) is 28.5 Å². The molecule has 0 aromatic carbocycles. The number of halogens is 1. The minimum Gasteiger partial charge on any atom is -0.349 e. The number of pyridine rings is 1. The third-order valence-electron chi connectivity index (χ3n) is 2.89. The van der Waals surface area contributed by atoms with Gasteiger partial charge in [-0.1, -0.05) is 13.3 Å². The van der Waals surface area contributed by atoms with Gasteiger partial charge in [0.15, 0.2) is 0 Å². The second-order valence-corrected chi connectivity index (χ2v) is 5.05. The molecule has 1 amide bonds. The Bertz CT molecular complexity index is 377.